The average molecular weight is 237 g/mol. The molecule has 16 heavy (non-hydrogen) atoms. The molecule has 0 amide bonds. The van der Waals surface area contributed by atoms with Gasteiger partial charge in [-0.1, -0.05) is 6.92 Å². The predicted molar refractivity (Wildman–Crippen MR) is 64.7 cm³/mol. The van der Waals surface area contributed by atoms with Crippen molar-refractivity contribution >= 4 is 12.2 Å². The summed E-state index contributed by atoms with van der Waals surface area (Å²) in [7, 11) is 1.85. The fourth-order valence-corrected chi connectivity index (χ4v) is 1.73. The van der Waals surface area contributed by atoms with E-state index in [0.717, 1.165) is 30.2 Å². The lowest BCUT2D eigenvalue weighted by atomic mass is 10.3. The van der Waals surface area contributed by atoms with Gasteiger partial charge in [-0.15, -0.1) is 0 Å². The molecule has 0 radical (unpaired) electrons. The first-order valence-corrected chi connectivity index (χ1v) is 5.76. The number of hydrogen-bond acceptors (Lipinski definition) is 3. The van der Waals surface area contributed by atoms with Crippen LogP contribution in [-0.2, 0) is 20.0 Å². The highest BCUT2D eigenvalue weighted by Crippen LogP contribution is 2.16. The molecule has 0 aromatic carbocycles. The number of hydrogen-bond donors (Lipinski definition) is 1. The van der Waals surface area contributed by atoms with Gasteiger partial charge in [-0.2, -0.15) is 10.1 Å². The highest BCUT2D eigenvalue weighted by atomic mass is 32.1. The molecule has 0 aliphatic carbocycles. The molecule has 5 nitrogen and oxygen atoms in total. The Morgan fingerprint density at radius 1 is 1.44 bits per heavy atom. The van der Waals surface area contributed by atoms with Crippen LogP contribution in [0.1, 0.15) is 19.5 Å². The van der Waals surface area contributed by atoms with E-state index in [1.165, 1.54) is 0 Å². The van der Waals surface area contributed by atoms with Crippen molar-refractivity contribution in [1.29, 1.82) is 0 Å². The molecule has 0 saturated heterocycles. The molecular formula is C10H15N5S. The van der Waals surface area contributed by atoms with Crippen LogP contribution in [-0.4, -0.2) is 24.5 Å². The number of nitrogens with one attached hydrogen (secondary N) is 1. The molecule has 0 aliphatic heterocycles. The number of aromatic amines is 1. The van der Waals surface area contributed by atoms with Gasteiger partial charge in [0.05, 0.1) is 5.69 Å². The molecule has 6 heteroatoms. The summed E-state index contributed by atoms with van der Waals surface area (Å²) in [6.45, 7) is 4.98. The molecule has 2 aromatic rings. The van der Waals surface area contributed by atoms with Crippen molar-refractivity contribution in [2.24, 2.45) is 7.05 Å². The number of nitrogens with zero attached hydrogens (tertiary/aromatic N) is 4. The topological polar surface area (TPSA) is 51.4 Å². The Hall–Kier alpha value is -1.43. The van der Waals surface area contributed by atoms with Crippen LogP contribution in [0.15, 0.2) is 6.07 Å². The Balaban J connectivity index is 2.53. The van der Waals surface area contributed by atoms with Crippen molar-refractivity contribution in [3.63, 3.8) is 0 Å². The molecule has 0 spiro atoms. The second kappa shape index (κ2) is 4.21. The van der Waals surface area contributed by atoms with E-state index in [2.05, 4.69) is 35.1 Å². The van der Waals surface area contributed by atoms with Gasteiger partial charge < -0.3 is 0 Å². The molecule has 86 valence electrons. The molecule has 2 aromatic heterocycles. The summed E-state index contributed by atoms with van der Waals surface area (Å²) in [4.78, 5) is 4.30. The van der Waals surface area contributed by atoms with E-state index in [1.807, 2.05) is 11.7 Å². The number of H-pyrrole nitrogens is 1. The smallest absolute Gasteiger partial charge is 0.216 e. The lowest BCUT2D eigenvalue weighted by molar-refractivity contribution is 0.650. The molecule has 0 bridgehead atoms. The SMILES string of the molecule is CCc1cc(-c2nc(=S)n(C)[nH]2)n(CC)n1. The summed E-state index contributed by atoms with van der Waals surface area (Å²) in [5, 5.41) is 7.59. The Labute approximate surface area is 99.1 Å². The maximum atomic E-state index is 5.08. The molecule has 2 rings (SSSR count). The standard InChI is InChI=1S/C10H15N5S/c1-4-7-6-8(15(5-2)12-7)9-11-10(16)14(3)13-9/h6H,4-5H2,1-3H3,(H,11,13,16). The van der Waals surface area contributed by atoms with Crippen LogP contribution in [0.3, 0.4) is 0 Å². The summed E-state index contributed by atoms with van der Waals surface area (Å²) >= 11 is 5.08. The second-order valence-electron chi connectivity index (χ2n) is 3.60. The quantitative estimate of drug-likeness (QED) is 0.830. The van der Waals surface area contributed by atoms with Gasteiger partial charge >= 0.3 is 0 Å². The van der Waals surface area contributed by atoms with Crippen molar-refractivity contribution in [3.8, 4) is 11.5 Å². The van der Waals surface area contributed by atoms with E-state index in [4.69, 9.17) is 12.2 Å². The van der Waals surface area contributed by atoms with Gasteiger partial charge in [0.15, 0.2) is 5.82 Å². The molecular weight excluding hydrogens is 222 g/mol. The first kappa shape index (κ1) is 11.1. The molecule has 0 atom stereocenters. The molecule has 0 saturated carbocycles. The van der Waals surface area contributed by atoms with Gasteiger partial charge in [0.1, 0.15) is 5.69 Å². The van der Waals surface area contributed by atoms with Crippen molar-refractivity contribution in [2.45, 2.75) is 26.8 Å². The highest BCUT2D eigenvalue weighted by molar-refractivity contribution is 7.71. The van der Waals surface area contributed by atoms with E-state index in [0.29, 0.717) is 4.77 Å². The normalized spacial score (nSPS) is 10.9. The van der Waals surface area contributed by atoms with Gasteiger partial charge in [-0.25, -0.2) is 0 Å². The molecule has 2 heterocycles. The van der Waals surface area contributed by atoms with Crippen molar-refractivity contribution < 1.29 is 0 Å². The zero-order valence-corrected chi connectivity index (χ0v) is 10.5. The lowest BCUT2D eigenvalue weighted by Crippen LogP contribution is -2.00. The molecule has 1 N–H and O–H groups in total. The monoisotopic (exact) mass is 237 g/mol. The van der Waals surface area contributed by atoms with E-state index in [-0.39, 0.29) is 0 Å². The van der Waals surface area contributed by atoms with Crippen LogP contribution < -0.4 is 0 Å². The van der Waals surface area contributed by atoms with E-state index < -0.39 is 0 Å². The minimum Gasteiger partial charge on any atom is -0.278 e. The van der Waals surface area contributed by atoms with E-state index in [1.54, 1.807) is 4.68 Å². The van der Waals surface area contributed by atoms with Gasteiger partial charge in [0.2, 0.25) is 4.77 Å². The summed E-state index contributed by atoms with van der Waals surface area (Å²) in [5.74, 6) is 0.779. The van der Waals surface area contributed by atoms with Gasteiger partial charge in [-0.3, -0.25) is 14.5 Å². The van der Waals surface area contributed by atoms with E-state index in [9.17, 15) is 0 Å². The summed E-state index contributed by atoms with van der Waals surface area (Å²) < 4.78 is 4.22. The minimum atomic E-state index is 0.553. The maximum Gasteiger partial charge on any atom is 0.216 e. The minimum absolute atomic E-state index is 0.553. The lowest BCUT2D eigenvalue weighted by Gasteiger charge is -1.99. The Bertz CT molecular complexity index is 548. The first-order valence-electron chi connectivity index (χ1n) is 5.35. The highest BCUT2D eigenvalue weighted by Gasteiger charge is 2.11. The number of aromatic nitrogens is 5. The van der Waals surface area contributed by atoms with Crippen LogP contribution in [0.5, 0.6) is 0 Å². The van der Waals surface area contributed by atoms with Crippen LogP contribution >= 0.6 is 12.2 Å². The van der Waals surface area contributed by atoms with Crippen LogP contribution in [0, 0.1) is 4.77 Å². The predicted octanol–water partition coefficient (Wildman–Crippen LogP) is 1.92. The Kier molecular flexibility index (Phi) is 2.91. The average Bonchev–Trinajstić information content (AvgIpc) is 2.83. The summed E-state index contributed by atoms with van der Waals surface area (Å²) in [6, 6.07) is 2.05. The first-order chi connectivity index (χ1) is 7.65. The van der Waals surface area contributed by atoms with Crippen molar-refractivity contribution in [1.82, 2.24) is 24.5 Å². The number of aryl methyl sites for hydroxylation is 3. The van der Waals surface area contributed by atoms with Crippen molar-refractivity contribution in [2.75, 3.05) is 0 Å². The van der Waals surface area contributed by atoms with Gasteiger partial charge in [0.25, 0.3) is 0 Å². The fourth-order valence-electron chi connectivity index (χ4n) is 1.59. The van der Waals surface area contributed by atoms with Crippen LogP contribution in [0.4, 0.5) is 0 Å². The van der Waals surface area contributed by atoms with Gasteiger partial charge in [-0.05, 0) is 31.6 Å². The van der Waals surface area contributed by atoms with E-state index >= 15 is 0 Å². The third-order valence-electron chi connectivity index (χ3n) is 2.50. The second-order valence-corrected chi connectivity index (χ2v) is 3.97. The third kappa shape index (κ3) is 1.80. The third-order valence-corrected chi connectivity index (χ3v) is 2.87. The Morgan fingerprint density at radius 2 is 2.19 bits per heavy atom. The van der Waals surface area contributed by atoms with Crippen molar-refractivity contribution in [3.05, 3.63) is 16.5 Å². The summed E-state index contributed by atoms with van der Waals surface area (Å²) in [6.07, 6.45) is 0.924. The zero-order valence-electron chi connectivity index (χ0n) is 9.69. The molecule has 0 aliphatic rings. The van der Waals surface area contributed by atoms with Crippen LogP contribution in [0.2, 0.25) is 0 Å². The summed E-state index contributed by atoms with van der Waals surface area (Å²) in [5.41, 5.74) is 2.06. The molecule has 0 unspecified atom stereocenters. The van der Waals surface area contributed by atoms with Crippen LogP contribution in [0.25, 0.3) is 11.5 Å². The largest absolute Gasteiger partial charge is 0.278 e. The van der Waals surface area contributed by atoms with Gasteiger partial charge in [0, 0.05) is 13.6 Å². The fraction of sp³-hybridized carbons (Fsp3) is 0.500. The molecule has 0 fully saturated rings. The maximum absolute atomic E-state index is 5.08. The number of rotatable bonds is 3. The Morgan fingerprint density at radius 3 is 2.69 bits per heavy atom. The zero-order chi connectivity index (χ0) is 11.7.